The second kappa shape index (κ2) is 5.99. The van der Waals surface area contributed by atoms with Crippen LogP contribution in [0.25, 0.3) is 43.6 Å². The van der Waals surface area contributed by atoms with Crippen molar-refractivity contribution < 1.29 is 18.9 Å². The first kappa shape index (κ1) is 16.6. The fraction of sp³-hybridized carbons (Fsp3) is 0.182. The Morgan fingerprint density at radius 1 is 0.571 bits per heavy atom. The van der Waals surface area contributed by atoms with E-state index in [0.717, 1.165) is 66.6 Å². The van der Waals surface area contributed by atoms with E-state index in [2.05, 4.69) is 22.1 Å². The van der Waals surface area contributed by atoms with Gasteiger partial charge in [0.2, 0.25) is 0 Å². The molecule has 0 bridgehead atoms. The number of ether oxygens (including phenoxy) is 4. The predicted octanol–water partition coefficient (Wildman–Crippen LogP) is 4.99. The maximum atomic E-state index is 5.63. The number of fused-ring (bicyclic) bond motifs is 7. The molecule has 0 aliphatic carbocycles. The number of benzene rings is 3. The van der Waals surface area contributed by atoms with Crippen molar-refractivity contribution in [2.75, 3.05) is 28.4 Å². The Balaban J connectivity index is 1.94. The quantitative estimate of drug-likeness (QED) is 0.464. The van der Waals surface area contributed by atoms with Crippen molar-refractivity contribution >= 4 is 43.6 Å². The molecule has 0 aliphatic rings. The first-order valence-electron chi connectivity index (χ1n) is 8.92. The number of H-pyrrole nitrogens is 2. The van der Waals surface area contributed by atoms with Crippen LogP contribution >= 0.6 is 0 Å². The first-order chi connectivity index (χ1) is 13.7. The lowest BCUT2D eigenvalue weighted by atomic mass is 10.1. The van der Waals surface area contributed by atoms with Crippen LogP contribution in [0, 0.1) is 0 Å². The molecule has 6 nitrogen and oxygen atoms in total. The minimum Gasteiger partial charge on any atom is -0.497 e. The van der Waals surface area contributed by atoms with E-state index in [9.17, 15) is 0 Å². The summed E-state index contributed by atoms with van der Waals surface area (Å²) in [5, 5.41) is 4.23. The minimum atomic E-state index is 0.746. The molecule has 142 valence electrons. The molecule has 2 heterocycles. The largest absolute Gasteiger partial charge is 0.497 e. The van der Waals surface area contributed by atoms with Gasteiger partial charge in [-0.05, 0) is 0 Å². The van der Waals surface area contributed by atoms with E-state index >= 15 is 0 Å². The highest BCUT2D eigenvalue weighted by Crippen LogP contribution is 2.42. The number of nitrogens with one attached hydrogen (secondary N) is 2. The molecule has 5 rings (SSSR count). The van der Waals surface area contributed by atoms with Gasteiger partial charge in [0.1, 0.15) is 23.0 Å². The van der Waals surface area contributed by atoms with Crippen LogP contribution in [0.15, 0.2) is 36.4 Å². The Kier molecular flexibility index (Phi) is 3.55. The summed E-state index contributed by atoms with van der Waals surface area (Å²) in [6, 6.07) is 12.0. The fourth-order valence-electron chi connectivity index (χ4n) is 4.04. The Hall–Kier alpha value is -3.54. The van der Waals surface area contributed by atoms with E-state index in [1.165, 1.54) is 0 Å². The number of hydrogen-bond donors (Lipinski definition) is 2. The fourth-order valence-corrected chi connectivity index (χ4v) is 4.04. The number of aromatic amines is 2. The molecule has 0 spiro atoms. The molecule has 0 amide bonds. The lowest BCUT2D eigenvalue weighted by molar-refractivity contribution is 0.398. The summed E-state index contributed by atoms with van der Waals surface area (Å²) in [6.45, 7) is 0. The van der Waals surface area contributed by atoms with E-state index in [1.807, 2.05) is 24.3 Å². The summed E-state index contributed by atoms with van der Waals surface area (Å²) in [5.41, 5.74) is 3.94. The van der Waals surface area contributed by atoms with Gasteiger partial charge in [-0.2, -0.15) is 0 Å². The van der Waals surface area contributed by atoms with Gasteiger partial charge in [-0.1, -0.05) is 12.1 Å². The molecule has 2 aromatic heterocycles. The highest BCUT2D eigenvalue weighted by atomic mass is 16.5. The smallest absolute Gasteiger partial charge is 0.132 e. The molecule has 0 radical (unpaired) electrons. The standard InChI is InChI=1S/C22H20N2O4/c1-25-11-7-15-19(17(9-11)27-3)13-5-6-14-20-16(24-22(14)21(13)23-15)8-12(26-2)10-18(20)28-4/h5-10,23-24H,1-4H3. The number of hydrogen-bond acceptors (Lipinski definition) is 4. The third-order valence-corrected chi connectivity index (χ3v) is 5.33. The van der Waals surface area contributed by atoms with Crippen LogP contribution in [0.1, 0.15) is 0 Å². The molecular weight excluding hydrogens is 356 g/mol. The van der Waals surface area contributed by atoms with E-state index in [-0.39, 0.29) is 0 Å². The van der Waals surface area contributed by atoms with Crippen LogP contribution in [0.2, 0.25) is 0 Å². The Labute approximate surface area is 160 Å². The lowest BCUT2D eigenvalue weighted by Gasteiger charge is -2.06. The van der Waals surface area contributed by atoms with E-state index in [0.29, 0.717) is 0 Å². The Bertz CT molecular complexity index is 1260. The summed E-state index contributed by atoms with van der Waals surface area (Å²) in [7, 11) is 6.65. The second-order valence-corrected chi connectivity index (χ2v) is 6.67. The number of methoxy groups -OCH3 is 4. The molecule has 28 heavy (non-hydrogen) atoms. The van der Waals surface area contributed by atoms with Gasteiger partial charge in [0.05, 0.1) is 50.5 Å². The van der Waals surface area contributed by atoms with Crippen LogP contribution in [0.5, 0.6) is 23.0 Å². The third kappa shape index (κ3) is 2.14. The zero-order chi connectivity index (χ0) is 19.4. The predicted molar refractivity (Wildman–Crippen MR) is 111 cm³/mol. The normalized spacial score (nSPS) is 11.6. The van der Waals surface area contributed by atoms with Crippen molar-refractivity contribution in [3.05, 3.63) is 36.4 Å². The minimum absolute atomic E-state index is 0.746. The molecule has 3 aromatic carbocycles. The van der Waals surface area contributed by atoms with Crippen molar-refractivity contribution in [2.24, 2.45) is 0 Å². The molecule has 5 aromatic rings. The molecular formula is C22H20N2O4. The summed E-state index contributed by atoms with van der Waals surface area (Å²) in [6.07, 6.45) is 0. The average molecular weight is 376 g/mol. The molecule has 2 N–H and O–H groups in total. The van der Waals surface area contributed by atoms with Gasteiger partial charge < -0.3 is 28.9 Å². The number of aromatic nitrogens is 2. The highest BCUT2D eigenvalue weighted by molar-refractivity contribution is 6.23. The zero-order valence-corrected chi connectivity index (χ0v) is 16.1. The van der Waals surface area contributed by atoms with Crippen LogP contribution in [0.3, 0.4) is 0 Å². The van der Waals surface area contributed by atoms with Crippen molar-refractivity contribution in [1.29, 1.82) is 0 Å². The monoisotopic (exact) mass is 376 g/mol. The molecule has 0 atom stereocenters. The maximum absolute atomic E-state index is 5.63. The first-order valence-corrected chi connectivity index (χ1v) is 8.92. The Morgan fingerprint density at radius 2 is 1.00 bits per heavy atom. The van der Waals surface area contributed by atoms with Crippen LogP contribution in [0.4, 0.5) is 0 Å². The summed E-state index contributed by atoms with van der Waals surface area (Å²) in [4.78, 5) is 7.07. The average Bonchev–Trinajstić information content (AvgIpc) is 3.29. The van der Waals surface area contributed by atoms with Gasteiger partial charge in [-0.15, -0.1) is 0 Å². The van der Waals surface area contributed by atoms with E-state index in [1.54, 1.807) is 28.4 Å². The van der Waals surface area contributed by atoms with E-state index < -0.39 is 0 Å². The topological polar surface area (TPSA) is 68.5 Å². The van der Waals surface area contributed by atoms with Crippen LogP contribution in [-0.2, 0) is 0 Å². The van der Waals surface area contributed by atoms with Gasteiger partial charge >= 0.3 is 0 Å². The van der Waals surface area contributed by atoms with E-state index in [4.69, 9.17) is 18.9 Å². The van der Waals surface area contributed by atoms with Gasteiger partial charge in [-0.3, -0.25) is 0 Å². The molecule has 0 unspecified atom stereocenters. The van der Waals surface area contributed by atoms with Crippen LogP contribution < -0.4 is 18.9 Å². The highest BCUT2D eigenvalue weighted by Gasteiger charge is 2.18. The van der Waals surface area contributed by atoms with Gasteiger partial charge in [0, 0.05) is 45.8 Å². The van der Waals surface area contributed by atoms with Crippen molar-refractivity contribution in [1.82, 2.24) is 9.97 Å². The Morgan fingerprint density at radius 3 is 1.36 bits per heavy atom. The van der Waals surface area contributed by atoms with Gasteiger partial charge in [0.15, 0.2) is 0 Å². The third-order valence-electron chi connectivity index (χ3n) is 5.33. The summed E-state index contributed by atoms with van der Waals surface area (Å²) < 4.78 is 22.1. The second-order valence-electron chi connectivity index (χ2n) is 6.67. The summed E-state index contributed by atoms with van der Waals surface area (Å²) in [5.74, 6) is 3.04. The van der Waals surface area contributed by atoms with Crippen molar-refractivity contribution in [2.45, 2.75) is 0 Å². The van der Waals surface area contributed by atoms with Crippen LogP contribution in [-0.4, -0.2) is 38.4 Å². The lowest BCUT2D eigenvalue weighted by Crippen LogP contribution is -1.87. The SMILES string of the molecule is COc1cc(OC)c2c(c1)[nH]c1c2ccc2c1[nH]c1cc(OC)cc(OC)c12. The molecule has 0 fully saturated rings. The van der Waals surface area contributed by atoms with Crippen molar-refractivity contribution in [3.63, 3.8) is 0 Å². The van der Waals surface area contributed by atoms with Gasteiger partial charge in [0.25, 0.3) is 0 Å². The number of rotatable bonds is 4. The van der Waals surface area contributed by atoms with Gasteiger partial charge in [-0.25, -0.2) is 0 Å². The summed E-state index contributed by atoms with van der Waals surface area (Å²) >= 11 is 0. The molecule has 0 saturated heterocycles. The molecule has 0 aliphatic heterocycles. The van der Waals surface area contributed by atoms with Crippen molar-refractivity contribution in [3.8, 4) is 23.0 Å². The maximum Gasteiger partial charge on any atom is 0.132 e. The molecule has 0 saturated carbocycles. The zero-order valence-electron chi connectivity index (χ0n) is 16.1. The molecule has 6 heteroatoms.